The van der Waals surface area contributed by atoms with Crippen molar-refractivity contribution < 1.29 is 9.53 Å². The number of allylic oxidation sites excluding steroid dienone is 2. The Balaban J connectivity index is 1.43. The zero-order valence-corrected chi connectivity index (χ0v) is 22.3. The van der Waals surface area contributed by atoms with Gasteiger partial charge in [-0.15, -0.1) is 0 Å². The van der Waals surface area contributed by atoms with Crippen LogP contribution in [0.3, 0.4) is 0 Å². The van der Waals surface area contributed by atoms with E-state index in [0.717, 1.165) is 54.8 Å². The maximum absolute atomic E-state index is 12.0. The Bertz CT molecular complexity index is 850. The van der Waals surface area contributed by atoms with Gasteiger partial charge in [-0.25, -0.2) is 4.79 Å². The number of carbonyl (C=O) groups is 1. The molecule has 3 fully saturated rings. The van der Waals surface area contributed by atoms with Crippen molar-refractivity contribution in [1.82, 2.24) is 0 Å². The highest BCUT2D eigenvalue weighted by molar-refractivity contribution is 5.82. The topological polar surface area (TPSA) is 50.1 Å². The minimum Gasteiger partial charge on any atom is -0.459 e. The minimum atomic E-state index is -0.377. The third-order valence-corrected chi connectivity index (χ3v) is 10.8. The Labute approximate surface area is 208 Å². The van der Waals surface area contributed by atoms with E-state index >= 15 is 0 Å². The lowest BCUT2D eigenvalue weighted by atomic mass is 9.47. The van der Waals surface area contributed by atoms with Crippen LogP contribution < -0.4 is 0 Å². The summed E-state index contributed by atoms with van der Waals surface area (Å²) >= 11 is 0. The van der Waals surface area contributed by atoms with E-state index in [-0.39, 0.29) is 17.5 Å². The van der Waals surface area contributed by atoms with Gasteiger partial charge in [-0.05, 0) is 91.3 Å². The molecule has 3 nitrogen and oxygen atoms in total. The molecule has 0 amide bonds. The summed E-state index contributed by atoms with van der Waals surface area (Å²) in [4.78, 5) is 12.0. The molecule has 0 radical (unpaired) electrons. The molecule has 0 aromatic heterocycles. The van der Waals surface area contributed by atoms with E-state index in [9.17, 15) is 4.79 Å². The van der Waals surface area contributed by atoms with Gasteiger partial charge in [0.25, 0.3) is 0 Å². The molecule has 3 saturated carbocycles. The zero-order valence-electron chi connectivity index (χ0n) is 22.3. The van der Waals surface area contributed by atoms with Crippen LogP contribution in [0, 0.1) is 57.7 Å². The van der Waals surface area contributed by atoms with Crippen molar-refractivity contribution >= 4 is 5.97 Å². The van der Waals surface area contributed by atoms with Crippen molar-refractivity contribution in [2.75, 3.05) is 0 Å². The SMILES string of the molecule is CC(C)CCC[C@@H](C)[C@H]1CCC2C3CC=C4CC(OC(=O)C=CC#N)CC[C@]4(C)C3CC[C@@]21C. The predicted octanol–water partition coefficient (Wildman–Crippen LogP) is 8.02. The molecule has 188 valence electrons. The molecule has 0 heterocycles. The van der Waals surface area contributed by atoms with Crippen LogP contribution in [0.1, 0.15) is 105 Å². The second-order valence-electron chi connectivity index (χ2n) is 13.1. The highest BCUT2D eigenvalue weighted by atomic mass is 16.5. The molecule has 0 aromatic rings. The smallest absolute Gasteiger partial charge is 0.331 e. The molecule has 4 rings (SSSR count). The van der Waals surface area contributed by atoms with E-state index in [2.05, 4.69) is 40.7 Å². The Morgan fingerprint density at radius 3 is 2.68 bits per heavy atom. The molecule has 0 spiro atoms. The molecule has 34 heavy (non-hydrogen) atoms. The predicted molar refractivity (Wildman–Crippen MR) is 138 cm³/mol. The van der Waals surface area contributed by atoms with Gasteiger partial charge in [0.15, 0.2) is 0 Å². The van der Waals surface area contributed by atoms with Gasteiger partial charge >= 0.3 is 5.97 Å². The van der Waals surface area contributed by atoms with Gasteiger partial charge in [-0.3, -0.25) is 0 Å². The molecule has 0 aliphatic heterocycles. The Morgan fingerprint density at radius 1 is 1.15 bits per heavy atom. The first kappa shape index (κ1) is 25.5. The average Bonchev–Trinajstić information content (AvgIpc) is 3.15. The summed E-state index contributed by atoms with van der Waals surface area (Å²) in [5, 5.41) is 8.65. The van der Waals surface area contributed by atoms with Gasteiger partial charge < -0.3 is 4.74 Å². The first-order valence-corrected chi connectivity index (χ1v) is 14.1. The van der Waals surface area contributed by atoms with Crippen LogP contribution in [0.15, 0.2) is 23.8 Å². The van der Waals surface area contributed by atoms with Gasteiger partial charge in [0.05, 0.1) is 6.07 Å². The molecule has 8 atom stereocenters. The Hall–Kier alpha value is -1.56. The average molecular weight is 466 g/mol. The molecule has 4 aliphatic rings. The summed E-state index contributed by atoms with van der Waals surface area (Å²) in [5.41, 5.74) is 2.35. The minimum absolute atomic E-state index is 0.0388. The van der Waals surface area contributed by atoms with Crippen molar-refractivity contribution in [3.05, 3.63) is 23.8 Å². The van der Waals surface area contributed by atoms with Crippen LogP contribution in [0.25, 0.3) is 0 Å². The summed E-state index contributed by atoms with van der Waals surface area (Å²) in [5.74, 6) is 4.71. The van der Waals surface area contributed by atoms with Crippen LogP contribution in [0.2, 0.25) is 0 Å². The summed E-state index contributed by atoms with van der Waals surface area (Å²) < 4.78 is 5.68. The molecule has 3 heteroatoms. The quantitative estimate of drug-likeness (QED) is 0.165. The lowest BCUT2D eigenvalue weighted by Crippen LogP contribution is -2.51. The van der Waals surface area contributed by atoms with Crippen molar-refractivity contribution in [3.63, 3.8) is 0 Å². The van der Waals surface area contributed by atoms with E-state index in [0.29, 0.717) is 5.41 Å². The number of nitriles is 1. The lowest BCUT2D eigenvalue weighted by molar-refractivity contribution is -0.145. The summed E-state index contributed by atoms with van der Waals surface area (Å²) in [6, 6.07) is 1.87. The van der Waals surface area contributed by atoms with Crippen molar-refractivity contribution in [2.45, 2.75) is 111 Å². The summed E-state index contributed by atoms with van der Waals surface area (Å²) in [6.07, 6.45) is 19.0. The first-order valence-electron chi connectivity index (χ1n) is 14.1. The summed E-state index contributed by atoms with van der Waals surface area (Å²) in [7, 11) is 0. The number of nitrogens with zero attached hydrogens (tertiary/aromatic N) is 1. The Kier molecular flexibility index (Phi) is 7.66. The van der Waals surface area contributed by atoms with Crippen LogP contribution in [0.4, 0.5) is 0 Å². The second kappa shape index (κ2) is 10.2. The Morgan fingerprint density at radius 2 is 1.94 bits per heavy atom. The van der Waals surface area contributed by atoms with Gasteiger partial charge in [-0.2, -0.15) is 5.26 Å². The van der Waals surface area contributed by atoms with Crippen molar-refractivity contribution in [2.24, 2.45) is 46.3 Å². The van der Waals surface area contributed by atoms with E-state index in [1.807, 2.05) is 6.07 Å². The standard InChI is InChI=1S/C31H47NO2/c1-21(2)8-6-9-22(3)26-13-14-27-25-12-11-23-20-24(34-29(33)10-7-19-32)15-17-30(23,4)28(25)16-18-31(26,27)5/h7,10-11,21-22,24-28H,6,8-9,12-18,20H2,1-5H3/t22-,24?,25?,26-,27?,28?,30+,31-/m1/s1. The number of hydrogen-bond acceptors (Lipinski definition) is 3. The van der Waals surface area contributed by atoms with Gasteiger partial charge in [0.1, 0.15) is 6.10 Å². The molecule has 0 bridgehead atoms. The third-order valence-electron chi connectivity index (χ3n) is 10.8. The number of ether oxygens (including phenoxy) is 1. The van der Waals surface area contributed by atoms with Crippen LogP contribution in [-0.2, 0) is 9.53 Å². The molecule has 0 saturated heterocycles. The molecular formula is C31H47NO2. The largest absolute Gasteiger partial charge is 0.459 e. The number of esters is 1. The molecule has 4 aliphatic carbocycles. The van der Waals surface area contributed by atoms with Crippen LogP contribution in [0.5, 0.6) is 0 Å². The fourth-order valence-corrected chi connectivity index (χ4v) is 9.06. The highest BCUT2D eigenvalue weighted by Crippen LogP contribution is 2.67. The number of hydrogen-bond donors (Lipinski definition) is 0. The van der Waals surface area contributed by atoms with E-state index in [1.54, 1.807) is 5.57 Å². The normalized spacial score (nSPS) is 40.1. The monoisotopic (exact) mass is 465 g/mol. The first-order chi connectivity index (χ1) is 16.2. The fraction of sp³-hybridized carbons (Fsp3) is 0.806. The van der Waals surface area contributed by atoms with Gasteiger partial charge in [-0.1, -0.05) is 65.5 Å². The zero-order chi connectivity index (χ0) is 24.5. The van der Waals surface area contributed by atoms with Crippen LogP contribution in [-0.4, -0.2) is 12.1 Å². The lowest BCUT2D eigenvalue weighted by Gasteiger charge is -2.58. The third kappa shape index (κ3) is 4.76. The maximum Gasteiger partial charge on any atom is 0.331 e. The second-order valence-corrected chi connectivity index (χ2v) is 13.1. The summed E-state index contributed by atoms with van der Waals surface area (Å²) in [6.45, 7) is 12.4. The molecule has 0 aromatic carbocycles. The van der Waals surface area contributed by atoms with Gasteiger partial charge in [0.2, 0.25) is 0 Å². The van der Waals surface area contributed by atoms with Crippen molar-refractivity contribution in [1.29, 1.82) is 5.26 Å². The number of rotatable bonds is 7. The fourth-order valence-electron chi connectivity index (χ4n) is 9.06. The van der Waals surface area contributed by atoms with Crippen LogP contribution >= 0.6 is 0 Å². The highest BCUT2D eigenvalue weighted by Gasteiger charge is 2.59. The van der Waals surface area contributed by atoms with E-state index in [1.165, 1.54) is 63.5 Å². The molecule has 0 N–H and O–H groups in total. The molecule has 4 unspecified atom stereocenters. The van der Waals surface area contributed by atoms with E-state index in [4.69, 9.17) is 10.00 Å². The molecular weight excluding hydrogens is 418 g/mol. The number of fused-ring (bicyclic) bond motifs is 5. The van der Waals surface area contributed by atoms with Crippen molar-refractivity contribution in [3.8, 4) is 6.07 Å². The maximum atomic E-state index is 12.0. The number of carbonyl (C=O) groups excluding carboxylic acids is 1. The van der Waals surface area contributed by atoms with Gasteiger partial charge in [0, 0.05) is 18.6 Å². The van der Waals surface area contributed by atoms with E-state index < -0.39 is 0 Å².